The van der Waals surface area contributed by atoms with Crippen LogP contribution < -0.4 is 0 Å². The molecule has 3 heteroatoms. The molecular weight excluding hydrogens is 146 g/mol. The summed E-state index contributed by atoms with van der Waals surface area (Å²) in [7, 11) is 0. The topological polar surface area (TPSA) is 18.1 Å². The molecule has 0 aliphatic carbocycles. The Kier molecular flexibility index (Phi) is 2.27. The molecule has 2 nitrogen and oxygen atoms in total. The van der Waals surface area contributed by atoms with E-state index in [2.05, 4.69) is 6.92 Å². The lowest BCUT2D eigenvalue weighted by Gasteiger charge is -1.98. The second-order valence-corrected chi connectivity index (χ2v) is 2.64. The molecule has 0 fully saturated rings. The second-order valence-electron chi connectivity index (χ2n) is 2.29. The van der Waals surface area contributed by atoms with E-state index < -0.39 is 0 Å². The third-order valence-corrected chi connectivity index (χ3v) is 1.74. The first-order valence-corrected chi connectivity index (χ1v) is 3.81. The molecule has 0 aliphatic rings. The smallest absolute Gasteiger partial charge is 0.268 e. The highest BCUT2D eigenvalue weighted by atomic mass is 32.1. The Morgan fingerprint density at radius 3 is 2.80 bits per heavy atom. The van der Waals surface area contributed by atoms with E-state index in [0.29, 0.717) is 4.84 Å². The van der Waals surface area contributed by atoms with Crippen LogP contribution in [0.4, 0.5) is 0 Å². The molecule has 0 spiro atoms. The van der Waals surface area contributed by atoms with Crippen LogP contribution in [-0.4, -0.2) is 4.57 Å². The molecule has 1 aromatic heterocycles. The van der Waals surface area contributed by atoms with Crippen molar-refractivity contribution >= 4 is 12.2 Å². The highest BCUT2D eigenvalue weighted by molar-refractivity contribution is 7.71. The van der Waals surface area contributed by atoms with Crippen LogP contribution in [0.1, 0.15) is 19.0 Å². The van der Waals surface area contributed by atoms with Gasteiger partial charge in [-0.15, -0.1) is 0 Å². The summed E-state index contributed by atoms with van der Waals surface area (Å²) in [6.45, 7) is 5.07. The van der Waals surface area contributed by atoms with Gasteiger partial charge in [0.2, 0.25) is 0 Å². The van der Waals surface area contributed by atoms with Gasteiger partial charge in [0.05, 0.1) is 5.69 Å². The largest absolute Gasteiger partial charge is 0.438 e. The van der Waals surface area contributed by atoms with Gasteiger partial charge >= 0.3 is 0 Å². The summed E-state index contributed by atoms with van der Waals surface area (Å²) < 4.78 is 7.02. The highest BCUT2D eigenvalue weighted by Gasteiger charge is 1.97. The van der Waals surface area contributed by atoms with Gasteiger partial charge in [0.1, 0.15) is 6.26 Å². The lowest BCUT2D eigenvalue weighted by Crippen LogP contribution is -1.97. The van der Waals surface area contributed by atoms with Crippen LogP contribution in [0.2, 0.25) is 0 Å². The van der Waals surface area contributed by atoms with Gasteiger partial charge in [-0.2, -0.15) is 0 Å². The third-order valence-electron chi connectivity index (χ3n) is 1.42. The van der Waals surface area contributed by atoms with Crippen LogP contribution in [0, 0.1) is 11.8 Å². The van der Waals surface area contributed by atoms with E-state index in [4.69, 9.17) is 16.6 Å². The van der Waals surface area contributed by atoms with E-state index in [1.54, 1.807) is 6.26 Å². The van der Waals surface area contributed by atoms with Gasteiger partial charge in [-0.05, 0) is 25.6 Å². The van der Waals surface area contributed by atoms with Crippen LogP contribution >= 0.6 is 12.2 Å². The molecule has 10 heavy (non-hydrogen) atoms. The van der Waals surface area contributed by atoms with Gasteiger partial charge in [-0.1, -0.05) is 6.92 Å². The molecule has 0 N–H and O–H groups in total. The summed E-state index contributed by atoms with van der Waals surface area (Å²) in [5.41, 5.74) is 1.10. The lowest BCUT2D eigenvalue weighted by atomic mass is 10.4. The van der Waals surface area contributed by atoms with Crippen molar-refractivity contribution in [1.82, 2.24) is 4.57 Å². The molecule has 0 aliphatic heterocycles. The average Bonchev–Trinajstić information content (AvgIpc) is 2.20. The SMILES string of the molecule is CCCn1c(C)coc1=S. The molecule has 1 rings (SSSR count). The molecule has 56 valence electrons. The number of oxazole rings is 1. The van der Waals surface area contributed by atoms with Crippen molar-refractivity contribution in [3.05, 3.63) is 16.8 Å². The zero-order valence-electron chi connectivity index (χ0n) is 6.26. The van der Waals surface area contributed by atoms with Gasteiger partial charge in [0.25, 0.3) is 4.84 Å². The van der Waals surface area contributed by atoms with Crippen molar-refractivity contribution in [3.63, 3.8) is 0 Å². The molecule has 1 heterocycles. The maximum absolute atomic E-state index is 5.03. The quantitative estimate of drug-likeness (QED) is 0.614. The molecule has 0 unspecified atom stereocenters. The van der Waals surface area contributed by atoms with Crippen LogP contribution in [0.25, 0.3) is 0 Å². The third kappa shape index (κ3) is 1.29. The van der Waals surface area contributed by atoms with Gasteiger partial charge < -0.3 is 8.98 Å². The van der Waals surface area contributed by atoms with E-state index in [0.717, 1.165) is 18.7 Å². The van der Waals surface area contributed by atoms with E-state index >= 15 is 0 Å². The fraction of sp³-hybridized carbons (Fsp3) is 0.571. The van der Waals surface area contributed by atoms with E-state index in [9.17, 15) is 0 Å². The molecule has 0 radical (unpaired) electrons. The van der Waals surface area contributed by atoms with E-state index in [1.807, 2.05) is 11.5 Å². The van der Waals surface area contributed by atoms with Crippen molar-refractivity contribution in [3.8, 4) is 0 Å². The normalized spacial score (nSPS) is 10.2. The standard InChI is InChI=1S/C7H11NOS/c1-3-4-8-6(2)5-9-7(8)10/h5H,3-4H2,1-2H3. The molecule has 0 saturated carbocycles. The molecule has 0 saturated heterocycles. The monoisotopic (exact) mass is 157 g/mol. The van der Waals surface area contributed by atoms with Crippen LogP contribution in [0.15, 0.2) is 10.7 Å². The summed E-state index contributed by atoms with van der Waals surface area (Å²) >= 11 is 4.93. The van der Waals surface area contributed by atoms with E-state index in [1.165, 1.54) is 0 Å². The number of hydrogen-bond acceptors (Lipinski definition) is 2. The Morgan fingerprint density at radius 1 is 1.70 bits per heavy atom. The van der Waals surface area contributed by atoms with Crippen molar-refractivity contribution in [1.29, 1.82) is 0 Å². The Hall–Kier alpha value is -0.570. The van der Waals surface area contributed by atoms with Gasteiger partial charge in [0.15, 0.2) is 0 Å². The van der Waals surface area contributed by atoms with Crippen LogP contribution in [-0.2, 0) is 6.54 Å². The average molecular weight is 157 g/mol. The first-order chi connectivity index (χ1) is 4.75. The second kappa shape index (κ2) is 3.01. The summed E-state index contributed by atoms with van der Waals surface area (Å²) in [5, 5.41) is 0. The molecule has 0 aromatic carbocycles. The minimum atomic E-state index is 0.583. The summed E-state index contributed by atoms with van der Waals surface area (Å²) in [5.74, 6) is 0. The summed E-state index contributed by atoms with van der Waals surface area (Å²) in [6, 6.07) is 0. The zero-order valence-corrected chi connectivity index (χ0v) is 7.07. The fourth-order valence-corrected chi connectivity index (χ4v) is 1.18. The minimum absolute atomic E-state index is 0.583. The predicted octanol–water partition coefficient (Wildman–Crippen LogP) is 2.53. The fourth-order valence-electron chi connectivity index (χ4n) is 0.898. The lowest BCUT2D eigenvalue weighted by molar-refractivity contribution is 0.504. The Morgan fingerprint density at radius 2 is 2.40 bits per heavy atom. The van der Waals surface area contributed by atoms with Crippen molar-refractivity contribution in [2.75, 3.05) is 0 Å². The van der Waals surface area contributed by atoms with Crippen LogP contribution in [0.5, 0.6) is 0 Å². The first kappa shape index (κ1) is 7.54. The minimum Gasteiger partial charge on any atom is -0.438 e. The predicted molar refractivity (Wildman–Crippen MR) is 42.6 cm³/mol. The molecule has 0 atom stereocenters. The molecular formula is C7H11NOS. The highest BCUT2D eigenvalue weighted by Crippen LogP contribution is 2.03. The zero-order chi connectivity index (χ0) is 7.56. The Balaban J connectivity index is 2.99. The number of hydrogen-bond donors (Lipinski definition) is 0. The number of aryl methyl sites for hydroxylation is 1. The van der Waals surface area contributed by atoms with Gasteiger partial charge in [-0.25, -0.2) is 0 Å². The van der Waals surface area contributed by atoms with Crippen molar-refractivity contribution in [2.45, 2.75) is 26.8 Å². The number of nitrogens with zero attached hydrogens (tertiary/aromatic N) is 1. The maximum Gasteiger partial charge on any atom is 0.268 e. The Bertz CT molecular complexity index is 261. The van der Waals surface area contributed by atoms with E-state index in [-0.39, 0.29) is 0 Å². The summed E-state index contributed by atoms with van der Waals surface area (Å²) in [6.07, 6.45) is 2.78. The molecule has 1 aromatic rings. The summed E-state index contributed by atoms with van der Waals surface area (Å²) in [4.78, 5) is 0.583. The van der Waals surface area contributed by atoms with Crippen LogP contribution in [0.3, 0.4) is 0 Å². The van der Waals surface area contributed by atoms with Crippen molar-refractivity contribution in [2.24, 2.45) is 0 Å². The van der Waals surface area contributed by atoms with Gasteiger partial charge in [-0.3, -0.25) is 0 Å². The first-order valence-electron chi connectivity index (χ1n) is 3.40. The number of rotatable bonds is 2. The molecule has 0 bridgehead atoms. The van der Waals surface area contributed by atoms with Gasteiger partial charge in [0, 0.05) is 6.54 Å². The maximum atomic E-state index is 5.03. The van der Waals surface area contributed by atoms with Crippen molar-refractivity contribution < 1.29 is 4.42 Å². The number of aromatic nitrogens is 1. The molecule has 0 amide bonds. The Labute approximate surface area is 65.5 Å².